The second kappa shape index (κ2) is 8.07. The minimum atomic E-state index is -3.87. The van der Waals surface area contributed by atoms with E-state index in [1.807, 2.05) is 0 Å². The standard InChI is InChI=1S/C19H13BrF2N2O3S/c20-18-10-3-13(22)11-17(18)19(25)23-14-4-6-15(7-5-14)24-28(26,27)16-8-1-12(21)2-9-16/h1-11,24H,(H,23,25). The molecule has 28 heavy (non-hydrogen) atoms. The van der Waals surface area contributed by atoms with Crippen molar-refractivity contribution >= 4 is 43.2 Å². The van der Waals surface area contributed by atoms with E-state index in [4.69, 9.17) is 0 Å². The molecule has 3 rings (SSSR count). The van der Waals surface area contributed by atoms with Crippen LogP contribution in [0.3, 0.4) is 0 Å². The topological polar surface area (TPSA) is 75.3 Å². The van der Waals surface area contributed by atoms with E-state index in [0.717, 1.165) is 30.3 Å². The molecule has 0 aliphatic heterocycles. The van der Waals surface area contributed by atoms with Crippen molar-refractivity contribution in [1.82, 2.24) is 0 Å². The Morgan fingerprint density at radius 1 is 0.821 bits per heavy atom. The fraction of sp³-hybridized carbons (Fsp3) is 0. The van der Waals surface area contributed by atoms with Crippen molar-refractivity contribution in [3.05, 3.63) is 88.4 Å². The lowest BCUT2D eigenvalue weighted by Crippen LogP contribution is -2.14. The maximum absolute atomic E-state index is 13.3. The van der Waals surface area contributed by atoms with Gasteiger partial charge in [0.25, 0.3) is 15.9 Å². The predicted octanol–water partition coefficient (Wildman–Crippen LogP) is 4.78. The second-order valence-corrected chi connectivity index (χ2v) is 8.25. The molecule has 0 radical (unpaired) electrons. The molecule has 3 aromatic carbocycles. The van der Waals surface area contributed by atoms with Crippen LogP contribution in [0.2, 0.25) is 0 Å². The van der Waals surface area contributed by atoms with Gasteiger partial charge in [0.2, 0.25) is 0 Å². The Bertz CT molecular complexity index is 1120. The number of benzene rings is 3. The van der Waals surface area contributed by atoms with E-state index in [0.29, 0.717) is 10.2 Å². The maximum atomic E-state index is 13.3. The van der Waals surface area contributed by atoms with Gasteiger partial charge >= 0.3 is 0 Å². The fourth-order valence-corrected chi connectivity index (χ4v) is 3.80. The summed E-state index contributed by atoms with van der Waals surface area (Å²) in [6, 6.07) is 14.1. The molecule has 1 amide bonds. The van der Waals surface area contributed by atoms with Crippen LogP contribution in [0.15, 0.2) is 76.1 Å². The molecule has 0 spiro atoms. The zero-order chi connectivity index (χ0) is 20.3. The Morgan fingerprint density at radius 3 is 2.04 bits per heavy atom. The van der Waals surface area contributed by atoms with Crippen LogP contribution >= 0.6 is 15.9 Å². The van der Waals surface area contributed by atoms with Gasteiger partial charge in [0.1, 0.15) is 11.6 Å². The third kappa shape index (κ3) is 4.73. The third-order valence-electron chi connectivity index (χ3n) is 3.69. The van der Waals surface area contributed by atoms with Crippen molar-refractivity contribution in [1.29, 1.82) is 0 Å². The molecule has 0 atom stereocenters. The smallest absolute Gasteiger partial charge is 0.261 e. The van der Waals surface area contributed by atoms with Gasteiger partial charge in [0, 0.05) is 15.8 Å². The van der Waals surface area contributed by atoms with Crippen molar-refractivity contribution in [2.45, 2.75) is 4.90 Å². The minimum absolute atomic E-state index is 0.0813. The van der Waals surface area contributed by atoms with Gasteiger partial charge in [-0.05, 0) is 82.7 Å². The van der Waals surface area contributed by atoms with Crippen molar-refractivity contribution < 1.29 is 22.0 Å². The molecule has 0 aliphatic rings. The first kappa shape index (κ1) is 20.0. The van der Waals surface area contributed by atoms with Crippen LogP contribution < -0.4 is 10.0 Å². The van der Waals surface area contributed by atoms with Gasteiger partial charge in [-0.15, -0.1) is 0 Å². The maximum Gasteiger partial charge on any atom is 0.261 e. The fourth-order valence-electron chi connectivity index (χ4n) is 2.32. The molecule has 0 fully saturated rings. The Balaban J connectivity index is 1.72. The van der Waals surface area contributed by atoms with Gasteiger partial charge < -0.3 is 5.32 Å². The highest BCUT2D eigenvalue weighted by molar-refractivity contribution is 9.10. The number of amides is 1. The van der Waals surface area contributed by atoms with Gasteiger partial charge in [0.05, 0.1) is 10.5 Å². The number of sulfonamides is 1. The summed E-state index contributed by atoms with van der Waals surface area (Å²) in [6.45, 7) is 0. The molecule has 0 saturated heterocycles. The van der Waals surface area contributed by atoms with E-state index >= 15 is 0 Å². The summed E-state index contributed by atoms with van der Waals surface area (Å²) in [7, 11) is -3.87. The quantitative estimate of drug-likeness (QED) is 0.567. The first-order chi connectivity index (χ1) is 13.2. The SMILES string of the molecule is O=C(Nc1ccc(NS(=O)(=O)c2ccc(F)cc2)cc1)c1cc(F)ccc1Br. The number of rotatable bonds is 5. The molecule has 9 heteroatoms. The normalized spacial score (nSPS) is 11.1. The molecule has 0 unspecified atom stereocenters. The van der Waals surface area contributed by atoms with Crippen molar-refractivity contribution in [2.24, 2.45) is 0 Å². The summed E-state index contributed by atoms with van der Waals surface area (Å²) in [4.78, 5) is 12.2. The molecular weight excluding hydrogens is 454 g/mol. The molecule has 0 bridgehead atoms. The Kier molecular flexibility index (Phi) is 5.76. The number of halogens is 3. The third-order valence-corrected chi connectivity index (χ3v) is 5.78. The average Bonchev–Trinajstić information content (AvgIpc) is 2.65. The summed E-state index contributed by atoms with van der Waals surface area (Å²) in [5.41, 5.74) is 0.779. The predicted molar refractivity (Wildman–Crippen MR) is 106 cm³/mol. The zero-order valence-corrected chi connectivity index (χ0v) is 16.5. The molecule has 0 aliphatic carbocycles. The van der Waals surface area contributed by atoms with Crippen molar-refractivity contribution in [3.63, 3.8) is 0 Å². The van der Waals surface area contributed by atoms with Gasteiger partial charge in [-0.2, -0.15) is 0 Å². The number of hydrogen-bond donors (Lipinski definition) is 2. The van der Waals surface area contributed by atoms with Crippen LogP contribution in [0.4, 0.5) is 20.2 Å². The minimum Gasteiger partial charge on any atom is -0.322 e. The first-order valence-corrected chi connectivity index (χ1v) is 10.2. The molecular formula is C19H13BrF2N2O3S. The molecule has 3 aromatic rings. The number of carbonyl (C=O) groups is 1. The number of nitrogens with one attached hydrogen (secondary N) is 2. The van der Waals surface area contributed by atoms with E-state index in [1.54, 1.807) is 0 Å². The van der Waals surface area contributed by atoms with Crippen LogP contribution in [0, 0.1) is 11.6 Å². The lowest BCUT2D eigenvalue weighted by atomic mass is 10.2. The highest BCUT2D eigenvalue weighted by atomic mass is 79.9. The van der Waals surface area contributed by atoms with E-state index in [9.17, 15) is 22.0 Å². The van der Waals surface area contributed by atoms with E-state index < -0.39 is 27.6 Å². The van der Waals surface area contributed by atoms with Crippen molar-refractivity contribution in [3.8, 4) is 0 Å². The highest BCUT2D eigenvalue weighted by Crippen LogP contribution is 2.22. The molecule has 0 heterocycles. The summed E-state index contributed by atoms with van der Waals surface area (Å²) in [6.07, 6.45) is 0. The molecule has 0 aromatic heterocycles. The Hall–Kier alpha value is -2.78. The first-order valence-electron chi connectivity index (χ1n) is 7.89. The van der Waals surface area contributed by atoms with Crippen LogP contribution in [0.25, 0.3) is 0 Å². The van der Waals surface area contributed by atoms with Crippen molar-refractivity contribution in [2.75, 3.05) is 10.0 Å². The van der Waals surface area contributed by atoms with Gasteiger partial charge in [0.15, 0.2) is 0 Å². The molecule has 0 saturated carbocycles. The number of hydrogen-bond acceptors (Lipinski definition) is 3. The molecule has 5 nitrogen and oxygen atoms in total. The van der Waals surface area contributed by atoms with E-state index in [1.165, 1.54) is 36.4 Å². The number of carbonyl (C=O) groups excluding carboxylic acids is 1. The number of anilines is 2. The summed E-state index contributed by atoms with van der Waals surface area (Å²) in [5, 5.41) is 2.60. The van der Waals surface area contributed by atoms with Crippen LogP contribution in [-0.4, -0.2) is 14.3 Å². The monoisotopic (exact) mass is 466 g/mol. The van der Waals surface area contributed by atoms with E-state index in [2.05, 4.69) is 26.0 Å². The summed E-state index contributed by atoms with van der Waals surface area (Å²) >= 11 is 3.19. The van der Waals surface area contributed by atoms with Crippen LogP contribution in [0.1, 0.15) is 10.4 Å². The largest absolute Gasteiger partial charge is 0.322 e. The Morgan fingerprint density at radius 2 is 1.39 bits per heavy atom. The van der Waals surface area contributed by atoms with Gasteiger partial charge in [-0.3, -0.25) is 9.52 Å². The second-order valence-electron chi connectivity index (χ2n) is 5.72. The molecule has 144 valence electrons. The van der Waals surface area contributed by atoms with E-state index in [-0.39, 0.29) is 16.1 Å². The summed E-state index contributed by atoms with van der Waals surface area (Å²) in [5.74, 6) is -1.60. The lowest BCUT2D eigenvalue weighted by molar-refractivity contribution is 0.102. The lowest BCUT2D eigenvalue weighted by Gasteiger charge is -2.10. The highest BCUT2D eigenvalue weighted by Gasteiger charge is 2.15. The zero-order valence-electron chi connectivity index (χ0n) is 14.1. The Labute approximate surface area is 168 Å². The van der Waals surface area contributed by atoms with Gasteiger partial charge in [-0.25, -0.2) is 17.2 Å². The summed E-state index contributed by atoms with van der Waals surface area (Å²) < 4.78 is 53.7. The average molecular weight is 467 g/mol. The van der Waals surface area contributed by atoms with Crippen LogP contribution in [-0.2, 0) is 10.0 Å². The van der Waals surface area contributed by atoms with Crippen LogP contribution in [0.5, 0.6) is 0 Å². The van der Waals surface area contributed by atoms with Gasteiger partial charge in [-0.1, -0.05) is 0 Å². The molecule has 2 N–H and O–H groups in total.